The molecule has 8 rings (SSSR count). The molecule has 0 aliphatic heterocycles. The van der Waals surface area contributed by atoms with Crippen LogP contribution in [0.25, 0.3) is 0 Å². The van der Waals surface area contributed by atoms with Crippen molar-refractivity contribution in [2.75, 3.05) is 5.32 Å². The standard InChI is InChI=1S/C21H28N4O4S.C13H13NO.C8H15N3O3S/c1-21(2,27)12-15-11-18(23-25(15)3)30(28,29)24-20(26)22-19-16-8-4-6-13(16)10-14-7-5-9-17(14)19;14-8-15-13-11-5-1-3-9(11)7-10-4-2-6-12(10)13;1-8(2,12)5-6-4-7(10-11(6)3)15(9,13)14/h10-11,27H,4-9,12H2,1-3H3,(H2,22,24,26);7H,1-6H2;4,12H,5H2,1-3H3,(H2,9,13,14). The highest BCUT2D eigenvalue weighted by molar-refractivity contribution is 7.90. The predicted octanol–water partition coefficient (Wildman–Crippen LogP) is 4.13. The number of ether oxygens (including phenoxy) is 1. The molecule has 4 aromatic rings. The van der Waals surface area contributed by atoms with Crippen LogP contribution in [-0.2, 0) is 98.4 Å². The lowest BCUT2D eigenvalue weighted by Gasteiger charge is -2.16. The van der Waals surface area contributed by atoms with Crippen LogP contribution >= 0.6 is 0 Å². The van der Waals surface area contributed by atoms with Crippen molar-refractivity contribution in [3.8, 4) is 12.0 Å². The first-order valence-electron chi connectivity index (χ1n) is 20.3. The van der Waals surface area contributed by atoms with Gasteiger partial charge in [-0.3, -0.25) is 9.36 Å². The van der Waals surface area contributed by atoms with E-state index in [1.165, 1.54) is 67.7 Å². The maximum atomic E-state index is 12.7. The fraction of sp³-hybridized carbons (Fsp3) is 0.524. The Kier molecular flexibility index (Phi) is 12.9. The van der Waals surface area contributed by atoms with E-state index >= 15 is 0 Å². The first kappa shape index (κ1) is 44.7. The Morgan fingerprint density at radius 2 is 1.13 bits per heavy atom. The van der Waals surface area contributed by atoms with Gasteiger partial charge in [0.2, 0.25) is 0 Å². The Balaban J connectivity index is 0.000000168. The van der Waals surface area contributed by atoms with Gasteiger partial charge in [0.05, 0.1) is 11.2 Å². The molecule has 0 unspecified atom stereocenters. The first-order chi connectivity index (χ1) is 28.0. The third kappa shape index (κ3) is 10.6. The highest BCUT2D eigenvalue weighted by Crippen LogP contribution is 2.40. The van der Waals surface area contributed by atoms with Crippen LogP contribution in [0, 0.1) is 11.5 Å². The topological polar surface area (TPSA) is 245 Å². The molecule has 0 spiro atoms. The lowest BCUT2D eigenvalue weighted by Crippen LogP contribution is -2.35. The van der Waals surface area contributed by atoms with Crippen LogP contribution in [0.1, 0.15) is 109 Å². The molecule has 4 aliphatic carbocycles. The number of hydrogen-bond acceptors (Lipinski definition) is 11. The summed E-state index contributed by atoms with van der Waals surface area (Å²) in [4.78, 5) is 12.6. The van der Waals surface area contributed by atoms with Crippen LogP contribution in [0.3, 0.4) is 0 Å². The smallest absolute Gasteiger partial charge is 0.333 e. The number of anilines is 1. The van der Waals surface area contributed by atoms with Crippen molar-refractivity contribution in [2.24, 2.45) is 19.2 Å². The second kappa shape index (κ2) is 17.3. The lowest BCUT2D eigenvalue weighted by atomic mass is 9.99. The van der Waals surface area contributed by atoms with Crippen LogP contribution in [0.5, 0.6) is 5.75 Å². The maximum Gasteiger partial charge on any atom is 0.333 e. The quantitative estimate of drug-likeness (QED) is 0.150. The van der Waals surface area contributed by atoms with E-state index in [-0.39, 0.29) is 16.5 Å². The monoisotopic (exact) mass is 864 g/mol. The molecule has 18 heteroatoms. The van der Waals surface area contributed by atoms with Gasteiger partial charge in [0, 0.05) is 50.1 Å². The van der Waals surface area contributed by atoms with Crippen LogP contribution in [0.15, 0.2) is 34.3 Å². The number of nitrogens with one attached hydrogen (secondary N) is 2. The molecule has 0 atom stereocenters. The van der Waals surface area contributed by atoms with E-state index in [0.29, 0.717) is 17.8 Å². The molecule has 0 saturated heterocycles. The van der Waals surface area contributed by atoms with Gasteiger partial charge in [-0.1, -0.05) is 12.1 Å². The van der Waals surface area contributed by atoms with Crippen LogP contribution < -0.4 is 19.9 Å². The number of aryl methyl sites for hydroxylation is 6. The average Bonchev–Trinajstić information content (AvgIpc) is 3.98. The highest BCUT2D eigenvalue weighted by Gasteiger charge is 2.29. The molecule has 2 heterocycles. The molecule has 2 amide bonds. The number of benzene rings is 2. The molecule has 0 fully saturated rings. The lowest BCUT2D eigenvalue weighted by molar-refractivity contribution is 0.0782. The van der Waals surface area contributed by atoms with Crippen LogP contribution in [0.2, 0.25) is 0 Å². The summed E-state index contributed by atoms with van der Waals surface area (Å²) in [6, 6.07) is 6.56. The molecule has 324 valence electrons. The molecule has 0 saturated carbocycles. The number of primary sulfonamides is 1. The molecule has 2 aromatic heterocycles. The summed E-state index contributed by atoms with van der Waals surface area (Å²) < 4.78 is 57.5. The van der Waals surface area contributed by atoms with Crippen molar-refractivity contribution in [3.63, 3.8) is 0 Å². The van der Waals surface area contributed by atoms with E-state index in [0.717, 1.165) is 86.8 Å². The van der Waals surface area contributed by atoms with Gasteiger partial charge in [0.25, 0.3) is 26.3 Å². The van der Waals surface area contributed by atoms with Crippen molar-refractivity contribution in [3.05, 3.63) is 80.2 Å². The molecule has 0 radical (unpaired) electrons. The summed E-state index contributed by atoms with van der Waals surface area (Å²) in [6.45, 7) is 6.54. The minimum atomic E-state index is -4.14. The van der Waals surface area contributed by atoms with Gasteiger partial charge >= 0.3 is 6.03 Å². The second-order valence-corrected chi connectivity index (χ2v) is 20.5. The largest absolute Gasteiger partial charge is 0.390 e. The third-order valence-corrected chi connectivity index (χ3v) is 13.2. The van der Waals surface area contributed by atoms with Crippen molar-refractivity contribution in [1.82, 2.24) is 24.3 Å². The minimum absolute atomic E-state index is 0.177. The van der Waals surface area contributed by atoms with Gasteiger partial charge < -0.3 is 20.3 Å². The third-order valence-electron chi connectivity index (χ3n) is 11.2. The van der Waals surface area contributed by atoms with Crippen molar-refractivity contribution in [2.45, 2.75) is 139 Å². The Morgan fingerprint density at radius 3 is 1.53 bits per heavy atom. The summed E-state index contributed by atoms with van der Waals surface area (Å²) >= 11 is 0. The molecule has 2 aromatic carbocycles. The number of carbonyl (C=O) groups is 1. The van der Waals surface area contributed by atoms with Gasteiger partial charge in [0.15, 0.2) is 10.1 Å². The molecule has 16 nitrogen and oxygen atoms in total. The number of hydrogen-bond donors (Lipinski definition) is 5. The van der Waals surface area contributed by atoms with E-state index < -0.39 is 37.3 Å². The van der Waals surface area contributed by atoms with Gasteiger partial charge in [-0.2, -0.15) is 18.6 Å². The number of urea groups is 1. The number of aromatic nitrogens is 4. The van der Waals surface area contributed by atoms with Gasteiger partial charge in [-0.25, -0.2) is 23.1 Å². The Hall–Kier alpha value is -4.80. The van der Waals surface area contributed by atoms with Crippen molar-refractivity contribution >= 4 is 31.8 Å². The van der Waals surface area contributed by atoms with E-state index in [4.69, 9.17) is 15.1 Å². The number of nitrogens with two attached hydrogens (primary N) is 1. The number of rotatable bonds is 9. The molecule has 60 heavy (non-hydrogen) atoms. The van der Waals surface area contributed by atoms with E-state index in [1.807, 2.05) is 6.26 Å². The van der Waals surface area contributed by atoms with Crippen LogP contribution in [0.4, 0.5) is 10.5 Å². The van der Waals surface area contributed by atoms with E-state index in [1.54, 1.807) is 41.8 Å². The zero-order chi connectivity index (χ0) is 43.8. The molecule has 4 aliphatic rings. The molecular weight excluding hydrogens is 809 g/mol. The second-order valence-electron chi connectivity index (χ2n) is 17.4. The number of aliphatic hydroxyl groups is 2. The first-order valence-corrected chi connectivity index (χ1v) is 23.3. The number of nitrogens with zero attached hydrogens (tertiary/aromatic N) is 5. The van der Waals surface area contributed by atoms with Gasteiger partial charge in [-0.15, -0.1) is 5.26 Å². The fourth-order valence-corrected chi connectivity index (χ4v) is 10.1. The Morgan fingerprint density at radius 1 is 0.733 bits per heavy atom. The number of sulfonamides is 2. The zero-order valence-corrected chi connectivity index (χ0v) is 36.8. The summed E-state index contributed by atoms with van der Waals surface area (Å²) in [6.07, 6.45) is 15.2. The number of carbonyl (C=O) groups excluding carboxylic acids is 1. The summed E-state index contributed by atoms with van der Waals surface area (Å²) in [7, 11) is -4.70. The van der Waals surface area contributed by atoms with E-state index in [9.17, 15) is 31.8 Å². The normalized spacial score (nSPS) is 15.4. The zero-order valence-electron chi connectivity index (χ0n) is 35.2. The highest BCUT2D eigenvalue weighted by atomic mass is 32.2. The average molecular weight is 865 g/mol. The van der Waals surface area contributed by atoms with E-state index in [2.05, 4.69) is 32.4 Å². The molecule has 6 N–H and O–H groups in total. The minimum Gasteiger partial charge on any atom is -0.390 e. The number of nitriles is 1. The maximum absolute atomic E-state index is 12.7. The fourth-order valence-electron chi connectivity index (χ4n) is 8.65. The summed E-state index contributed by atoms with van der Waals surface area (Å²) in [5.41, 5.74) is 10.3. The van der Waals surface area contributed by atoms with Gasteiger partial charge in [0.1, 0.15) is 5.75 Å². The van der Waals surface area contributed by atoms with Crippen LogP contribution in [-0.4, -0.2) is 63.8 Å². The molecule has 0 bridgehead atoms. The SMILES string of the molecule is Cn1nc(S(=O)(=O)NC(=O)Nc2c3c(cc4c2CCC4)CCC3)cc1CC(C)(C)O.Cn1nc(S(N)(=O)=O)cc1CC(C)(C)O.N#COc1c2c(cc3c1CCC3)CCC2. The number of fused-ring (bicyclic) bond motifs is 4. The van der Waals surface area contributed by atoms with Crippen molar-refractivity contribution in [1.29, 1.82) is 5.26 Å². The van der Waals surface area contributed by atoms with Crippen molar-refractivity contribution < 1.29 is 36.6 Å². The Bertz CT molecular complexity index is 2490. The van der Waals surface area contributed by atoms with Gasteiger partial charge in [-0.05, 0) is 155 Å². The predicted molar refractivity (Wildman–Crippen MR) is 224 cm³/mol. The molecular formula is C42H56N8O8S2. The Labute approximate surface area is 352 Å². The number of amides is 2. The summed E-state index contributed by atoms with van der Waals surface area (Å²) in [5.74, 6) is 0.903. The summed E-state index contributed by atoms with van der Waals surface area (Å²) in [5, 5.41) is 43.4.